The number of nitrogen functional groups attached to an aromatic ring is 1. The van der Waals surface area contributed by atoms with Gasteiger partial charge in [-0.15, -0.1) is 0 Å². The Morgan fingerprint density at radius 2 is 1.62 bits per heavy atom. The average molecular weight is 227 g/mol. The van der Waals surface area contributed by atoms with Gasteiger partial charge in [-0.3, -0.25) is 0 Å². The van der Waals surface area contributed by atoms with Crippen LogP contribution in [0.4, 0.5) is 5.69 Å². The number of benzene rings is 1. The van der Waals surface area contributed by atoms with Crippen LogP contribution in [0.3, 0.4) is 0 Å². The molecule has 0 amide bonds. The van der Waals surface area contributed by atoms with Crippen molar-refractivity contribution in [3.63, 3.8) is 0 Å². The summed E-state index contributed by atoms with van der Waals surface area (Å²) >= 11 is 0. The van der Waals surface area contributed by atoms with Crippen molar-refractivity contribution in [1.82, 2.24) is 0 Å². The Morgan fingerprint density at radius 1 is 1.06 bits per heavy atom. The minimum atomic E-state index is -0.0905. The largest absolute Gasteiger partial charge is 0.487 e. The van der Waals surface area contributed by atoms with Gasteiger partial charge < -0.3 is 25.4 Å². The van der Waals surface area contributed by atoms with Crippen LogP contribution in [0.1, 0.15) is 5.56 Å². The molecule has 0 atom stereocenters. The third-order valence-corrected chi connectivity index (χ3v) is 2.01. The zero-order valence-corrected chi connectivity index (χ0v) is 9.27. The van der Waals surface area contributed by atoms with E-state index < -0.39 is 0 Å². The second-order valence-corrected chi connectivity index (χ2v) is 3.27. The highest BCUT2D eigenvalue weighted by Gasteiger charge is 2.12. The van der Waals surface area contributed by atoms with Gasteiger partial charge in [0.15, 0.2) is 11.5 Å². The molecule has 0 saturated carbocycles. The molecule has 16 heavy (non-hydrogen) atoms. The van der Waals surface area contributed by atoms with Crippen LogP contribution in [-0.2, 0) is 0 Å². The standard InChI is InChI=1S/C11H17NO4/c1-8-2-3-9(12)11(16-7-5-14)10(8)15-6-4-13/h2-3,13-14H,4-7,12H2,1H3. The van der Waals surface area contributed by atoms with Gasteiger partial charge in [0.1, 0.15) is 13.2 Å². The van der Waals surface area contributed by atoms with Crippen LogP contribution in [0.15, 0.2) is 12.1 Å². The summed E-state index contributed by atoms with van der Waals surface area (Å²) in [6, 6.07) is 3.53. The summed E-state index contributed by atoms with van der Waals surface area (Å²) in [6.07, 6.45) is 0. The van der Waals surface area contributed by atoms with Crippen LogP contribution in [0.2, 0.25) is 0 Å². The lowest BCUT2D eigenvalue weighted by molar-refractivity contribution is 0.178. The minimum absolute atomic E-state index is 0.0757. The molecule has 90 valence electrons. The fourth-order valence-corrected chi connectivity index (χ4v) is 1.30. The van der Waals surface area contributed by atoms with Crippen molar-refractivity contribution in [2.75, 3.05) is 32.2 Å². The van der Waals surface area contributed by atoms with E-state index >= 15 is 0 Å². The SMILES string of the molecule is Cc1ccc(N)c(OCCO)c1OCCO. The van der Waals surface area contributed by atoms with Gasteiger partial charge in [-0.25, -0.2) is 0 Å². The van der Waals surface area contributed by atoms with Crippen LogP contribution in [0, 0.1) is 6.92 Å². The highest BCUT2D eigenvalue weighted by Crippen LogP contribution is 2.36. The van der Waals surface area contributed by atoms with E-state index in [1.165, 1.54) is 0 Å². The molecule has 0 aromatic heterocycles. The first-order valence-electron chi connectivity index (χ1n) is 5.07. The van der Waals surface area contributed by atoms with Gasteiger partial charge in [-0.05, 0) is 18.6 Å². The van der Waals surface area contributed by atoms with Gasteiger partial charge >= 0.3 is 0 Å². The number of hydrogen-bond donors (Lipinski definition) is 3. The van der Waals surface area contributed by atoms with E-state index in [4.69, 9.17) is 25.4 Å². The average Bonchev–Trinajstić information content (AvgIpc) is 2.29. The van der Waals surface area contributed by atoms with E-state index in [0.717, 1.165) is 5.56 Å². The van der Waals surface area contributed by atoms with Gasteiger partial charge in [0.2, 0.25) is 0 Å². The fourth-order valence-electron chi connectivity index (χ4n) is 1.30. The van der Waals surface area contributed by atoms with Crippen LogP contribution in [0.25, 0.3) is 0 Å². The van der Waals surface area contributed by atoms with E-state index in [9.17, 15) is 0 Å². The van der Waals surface area contributed by atoms with Gasteiger partial charge in [-0.1, -0.05) is 6.07 Å². The molecule has 0 unspecified atom stereocenters. The van der Waals surface area contributed by atoms with Gasteiger partial charge in [-0.2, -0.15) is 0 Å². The molecule has 0 aliphatic heterocycles. The van der Waals surface area contributed by atoms with E-state index in [0.29, 0.717) is 17.2 Å². The maximum atomic E-state index is 8.72. The number of nitrogens with two attached hydrogens (primary N) is 1. The molecule has 0 bridgehead atoms. The number of hydrogen-bond acceptors (Lipinski definition) is 5. The van der Waals surface area contributed by atoms with E-state index in [1.54, 1.807) is 6.07 Å². The molecular weight excluding hydrogens is 210 g/mol. The van der Waals surface area contributed by atoms with Crippen molar-refractivity contribution in [2.45, 2.75) is 6.92 Å². The molecule has 0 fully saturated rings. The van der Waals surface area contributed by atoms with Crippen LogP contribution >= 0.6 is 0 Å². The predicted octanol–water partition coefficient (Wildman–Crippen LogP) is 0.319. The summed E-state index contributed by atoms with van der Waals surface area (Å²) in [5.41, 5.74) is 7.08. The first kappa shape index (κ1) is 12.6. The normalized spacial score (nSPS) is 10.2. The summed E-state index contributed by atoms with van der Waals surface area (Å²) in [6.45, 7) is 2.03. The number of aliphatic hydroxyl groups excluding tert-OH is 2. The molecule has 0 radical (unpaired) electrons. The number of ether oxygens (including phenoxy) is 2. The lowest BCUT2D eigenvalue weighted by Crippen LogP contribution is -2.09. The number of rotatable bonds is 6. The predicted molar refractivity (Wildman–Crippen MR) is 60.8 cm³/mol. The topological polar surface area (TPSA) is 84.9 Å². The van der Waals surface area contributed by atoms with Crippen molar-refractivity contribution in [3.05, 3.63) is 17.7 Å². The van der Waals surface area contributed by atoms with Crippen LogP contribution in [-0.4, -0.2) is 36.6 Å². The molecule has 1 rings (SSSR count). The Kier molecular flexibility index (Phi) is 4.88. The van der Waals surface area contributed by atoms with Crippen molar-refractivity contribution < 1.29 is 19.7 Å². The number of aliphatic hydroxyl groups is 2. The van der Waals surface area contributed by atoms with Gasteiger partial charge in [0.25, 0.3) is 0 Å². The van der Waals surface area contributed by atoms with Crippen LogP contribution < -0.4 is 15.2 Å². The highest BCUT2D eigenvalue weighted by molar-refractivity contribution is 5.63. The summed E-state index contributed by atoms with van der Waals surface area (Å²) in [5.74, 6) is 0.935. The Labute approximate surface area is 94.4 Å². The molecule has 0 aliphatic carbocycles. The third-order valence-electron chi connectivity index (χ3n) is 2.01. The molecular formula is C11H17NO4. The number of anilines is 1. The van der Waals surface area contributed by atoms with Crippen LogP contribution in [0.5, 0.6) is 11.5 Å². The lowest BCUT2D eigenvalue weighted by Gasteiger charge is -2.15. The van der Waals surface area contributed by atoms with Crippen molar-refractivity contribution in [1.29, 1.82) is 0 Å². The van der Waals surface area contributed by atoms with Gasteiger partial charge in [0, 0.05) is 0 Å². The Bertz CT molecular complexity index is 308. The second-order valence-electron chi connectivity index (χ2n) is 3.27. The molecule has 0 saturated heterocycles. The summed E-state index contributed by atoms with van der Waals surface area (Å²) < 4.78 is 10.7. The fraction of sp³-hybridized carbons (Fsp3) is 0.455. The van der Waals surface area contributed by atoms with E-state index in [1.807, 2.05) is 13.0 Å². The molecule has 5 nitrogen and oxygen atoms in total. The maximum Gasteiger partial charge on any atom is 0.184 e. The van der Waals surface area contributed by atoms with Crippen molar-refractivity contribution in [2.24, 2.45) is 0 Å². The molecule has 0 heterocycles. The minimum Gasteiger partial charge on any atom is -0.487 e. The Hall–Kier alpha value is -1.46. The second kappa shape index (κ2) is 6.19. The maximum absolute atomic E-state index is 8.72. The number of aryl methyl sites for hydroxylation is 1. The molecule has 4 N–H and O–H groups in total. The third kappa shape index (κ3) is 3.01. The lowest BCUT2D eigenvalue weighted by atomic mass is 10.2. The first-order chi connectivity index (χ1) is 7.70. The molecule has 0 aliphatic rings. The molecule has 0 spiro atoms. The summed E-state index contributed by atoms with van der Waals surface area (Å²) in [4.78, 5) is 0. The molecule has 5 heteroatoms. The molecule has 1 aromatic carbocycles. The van der Waals surface area contributed by atoms with E-state index in [2.05, 4.69) is 0 Å². The van der Waals surface area contributed by atoms with E-state index in [-0.39, 0.29) is 26.4 Å². The van der Waals surface area contributed by atoms with Gasteiger partial charge in [0.05, 0.1) is 18.9 Å². The monoisotopic (exact) mass is 227 g/mol. The zero-order chi connectivity index (χ0) is 12.0. The Morgan fingerprint density at radius 3 is 2.19 bits per heavy atom. The van der Waals surface area contributed by atoms with Crippen molar-refractivity contribution >= 4 is 5.69 Å². The Balaban J connectivity index is 2.94. The summed E-state index contributed by atoms with van der Waals surface area (Å²) in [5, 5.41) is 17.4. The quantitative estimate of drug-likeness (QED) is 0.609. The summed E-state index contributed by atoms with van der Waals surface area (Å²) in [7, 11) is 0. The van der Waals surface area contributed by atoms with Crippen molar-refractivity contribution in [3.8, 4) is 11.5 Å². The highest BCUT2D eigenvalue weighted by atomic mass is 16.5. The zero-order valence-electron chi connectivity index (χ0n) is 9.27. The first-order valence-corrected chi connectivity index (χ1v) is 5.07. The molecule has 1 aromatic rings. The smallest absolute Gasteiger partial charge is 0.184 e.